The molecule has 0 radical (unpaired) electrons. The number of pyridine rings is 1. The Balaban J connectivity index is 1.49. The number of nitrogens with zero attached hydrogens (tertiary/aromatic N) is 1. The number of benzene rings is 2. The first kappa shape index (κ1) is 27.2. The number of sulfonamides is 1. The highest BCUT2D eigenvalue weighted by Gasteiger charge is 2.34. The highest BCUT2D eigenvalue weighted by atomic mass is 32.2. The van der Waals surface area contributed by atoms with E-state index in [1.807, 2.05) is 30.3 Å². The van der Waals surface area contributed by atoms with Gasteiger partial charge in [-0.15, -0.1) is 0 Å². The maximum atomic E-state index is 13.3. The molecule has 1 aliphatic carbocycles. The first-order valence-electron chi connectivity index (χ1n) is 12.4. The Labute approximate surface area is 217 Å². The van der Waals surface area contributed by atoms with Crippen LogP contribution in [0.15, 0.2) is 83.9 Å². The van der Waals surface area contributed by atoms with E-state index in [4.69, 9.17) is 4.74 Å². The SMILES string of the molecule is O=S(=O)(N[C@@H](Cc1ccccc1)C(O)N[C@@H](CC1CCC1)B(O)O)c1ccc(Oc2ccccn2)cc1. The lowest BCUT2D eigenvalue weighted by Crippen LogP contribution is -2.57. The van der Waals surface area contributed by atoms with E-state index in [1.165, 1.54) is 24.3 Å². The Morgan fingerprint density at radius 2 is 1.70 bits per heavy atom. The molecule has 0 spiro atoms. The van der Waals surface area contributed by atoms with Crippen LogP contribution in [0.1, 0.15) is 31.2 Å². The Morgan fingerprint density at radius 3 is 2.30 bits per heavy atom. The molecule has 3 atom stereocenters. The molecule has 1 aromatic heterocycles. The van der Waals surface area contributed by atoms with Crippen molar-refractivity contribution in [3.8, 4) is 11.6 Å². The van der Waals surface area contributed by atoms with Gasteiger partial charge >= 0.3 is 7.12 Å². The van der Waals surface area contributed by atoms with Crippen LogP contribution in [0.5, 0.6) is 11.6 Å². The van der Waals surface area contributed by atoms with Crippen molar-refractivity contribution in [1.29, 1.82) is 0 Å². The summed E-state index contributed by atoms with van der Waals surface area (Å²) in [6.07, 6.45) is 4.00. The largest absolute Gasteiger partial charge is 0.469 e. The van der Waals surface area contributed by atoms with E-state index in [0.717, 1.165) is 24.8 Å². The van der Waals surface area contributed by atoms with E-state index in [9.17, 15) is 23.6 Å². The van der Waals surface area contributed by atoms with E-state index in [2.05, 4.69) is 15.0 Å². The maximum absolute atomic E-state index is 13.3. The second-order valence-electron chi connectivity index (χ2n) is 9.32. The van der Waals surface area contributed by atoms with Crippen LogP contribution in [-0.2, 0) is 16.4 Å². The molecule has 1 fully saturated rings. The van der Waals surface area contributed by atoms with Crippen molar-refractivity contribution in [2.75, 3.05) is 0 Å². The summed E-state index contributed by atoms with van der Waals surface area (Å²) >= 11 is 0. The Kier molecular flexibility index (Phi) is 9.30. The fourth-order valence-corrected chi connectivity index (χ4v) is 5.51. The van der Waals surface area contributed by atoms with Crippen molar-refractivity contribution in [3.63, 3.8) is 0 Å². The molecule has 1 aliphatic rings. The number of hydrogen-bond donors (Lipinski definition) is 5. The third kappa shape index (κ3) is 7.84. The topological polar surface area (TPSA) is 141 Å². The quantitative estimate of drug-likeness (QED) is 0.169. The molecule has 1 unspecified atom stereocenters. The van der Waals surface area contributed by atoms with Crippen LogP contribution >= 0.6 is 0 Å². The van der Waals surface area contributed by atoms with E-state index >= 15 is 0 Å². The summed E-state index contributed by atoms with van der Waals surface area (Å²) in [5, 5.41) is 33.6. The standard InChI is InChI=1S/C26H32BN3O6S/c31-26(29-24(27(32)33)18-20-9-6-10-20)23(17-19-7-2-1-3-8-19)30-37(34,35)22-14-12-21(13-15-22)36-25-11-4-5-16-28-25/h1-5,7-8,11-16,20,23-24,26,29-33H,6,9-10,17-18H2/t23-,24-,26?/m0/s1. The van der Waals surface area contributed by atoms with Crippen LogP contribution in [0.3, 0.4) is 0 Å². The third-order valence-corrected chi connectivity index (χ3v) is 8.04. The van der Waals surface area contributed by atoms with Crippen molar-refractivity contribution in [3.05, 3.63) is 84.6 Å². The molecule has 0 saturated heterocycles. The minimum atomic E-state index is -4.03. The highest BCUT2D eigenvalue weighted by Crippen LogP contribution is 2.31. The lowest BCUT2D eigenvalue weighted by atomic mass is 9.69. The number of aromatic nitrogens is 1. The zero-order chi connectivity index (χ0) is 26.3. The molecule has 9 nitrogen and oxygen atoms in total. The average molecular weight is 525 g/mol. The fourth-order valence-electron chi connectivity index (χ4n) is 4.27. The summed E-state index contributed by atoms with van der Waals surface area (Å²) in [5.74, 6) is 0.375. The number of nitrogens with one attached hydrogen (secondary N) is 2. The number of ether oxygens (including phenoxy) is 1. The molecular formula is C26H32BN3O6S. The molecule has 11 heteroatoms. The highest BCUT2D eigenvalue weighted by molar-refractivity contribution is 7.89. The van der Waals surface area contributed by atoms with Crippen molar-refractivity contribution in [2.24, 2.45) is 5.92 Å². The Hall–Kier alpha value is -2.80. The predicted octanol–water partition coefficient (Wildman–Crippen LogP) is 2.24. The van der Waals surface area contributed by atoms with Gasteiger partial charge in [-0.05, 0) is 54.7 Å². The normalized spacial score (nSPS) is 16.4. The average Bonchev–Trinajstić information content (AvgIpc) is 2.86. The number of aliphatic hydroxyl groups excluding tert-OH is 1. The lowest BCUT2D eigenvalue weighted by molar-refractivity contribution is 0.0870. The summed E-state index contributed by atoms with van der Waals surface area (Å²) in [6, 6.07) is 19.3. The number of hydrogen-bond acceptors (Lipinski definition) is 8. The van der Waals surface area contributed by atoms with Gasteiger partial charge in [-0.1, -0.05) is 55.7 Å². The van der Waals surface area contributed by atoms with Gasteiger partial charge in [-0.25, -0.2) is 18.1 Å². The van der Waals surface area contributed by atoms with E-state index in [0.29, 0.717) is 24.0 Å². The van der Waals surface area contributed by atoms with Crippen LogP contribution in [-0.4, -0.2) is 53.9 Å². The first-order chi connectivity index (χ1) is 17.8. The molecule has 2 aromatic carbocycles. The summed E-state index contributed by atoms with van der Waals surface area (Å²) in [4.78, 5) is 4.08. The van der Waals surface area contributed by atoms with Crippen molar-refractivity contribution < 1.29 is 28.3 Å². The molecule has 37 heavy (non-hydrogen) atoms. The van der Waals surface area contributed by atoms with Gasteiger partial charge < -0.3 is 19.9 Å². The first-order valence-corrected chi connectivity index (χ1v) is 13.8. The Morgan fingerprint density at radius 1 is 1.00 bits per heavy atom. The minimum Gasteiger partial charge on any atom is -0.439 e. The second kappa shape index (κ2) is 12.6. The molecular weight excluding hydrogens is 493 g/mol. The maximum Gasteiger partial charge on any atom is 0.469 e. The summed E-state index contributed by atoms with van der Waals surface area (Å²) in [7, 11) is -5.72. The number of aliphatic hydroxyl groups is 1. The molecule has 3 aromatic rings. The molecule has 5 N–H and O–H groups in total. The second-order valence-corrected chi connectivity index (χ2v) is 11.0. The molecule has 1 saturated carbocycles. The van der Waals surface area contributed by atoms with E-state index in [1.54, 1.807) is 24.4 Å². The van der Waals surface area contributed by atoms with Crippen LogP contribution in [0.4, 0.5) is 0 Å². The van der Waals surface area contributed by atoms with Crippen molar-refractivity contribution in [2.45, 2.75) is 55.2 Å². The summed E-state index contributed by atoms with van der Waals surface area (Å²) in [5.41, 5.74) is 0.815. The van der Waals surface area contributed by atoms with Crippen molar-refractivity contribution >= 4 is 17.1 Å². The van der Waals surface area contributed by atoms with Crippen LogP contribution < -0.4 is 14.8 Å². The fraction of sp³-hybridized carbons (Fsp3) is 0.346. The van der Waals surface area contributed by atoms with Crippen LogP contribution in [0.2, 0.25) is 0 Å². The van der Waals surface area contributed by atoms with Crippen LogP contribution in [0.25, 0.3) is 0 Å². The lowest BCUT2D eigenvalue weighted by Gasteiger charge is -2.33. The van der Waals surface area contributed by atoms with Gasteiger partial charge in [0.15, 0.2) is 0 Å². The van der Waals surface area contributed by atoms with Gasteiger partial charge in [0.2, 0.25) is 15.9 Å². The van der Waals surface area contributed by atoms with Gasteiger partial charge in [-0.2, -0.15) is 0 Å². The molecule has 4 rings (SSSR count). The molecule has 196 valence electrons. The monoisotopic (exact) mass is 525 g/mol. The number of rotatable bonds is 13. The van der Waals surface area contributed by atoms with E-state index in [-0.39, 0.29) is 11.3 Å². The van der Waals surface area contributed by atoms with Gasteiger partial charge in [0.05, 0.1) is 10.9 Å². The third-order valence-electron chi connectivity index (χ3n) is 6.54. The summed E-state index contributed by atoms with van der Waals surface area (Å²) < 4.78 is 34.7. The van der Waals surface area contributed by atoms with Gasteiger partial charge in [0.25, 0.3) is 0 Å². The zero-order valence-corrected chi connectivity index (χ0v) is 21.2. The molecule has 0 bridgehead atoms. The molecule has 0 amide bonds. The smallest absolute Gasteiger partial charge is 0.439 e. The minimum absolute atomic E-state index is 0.000608. The molecule has 0 aliphatic heterocycles. The predicted molar refractivity (Wildman–Crippen MR) is 140 cm³/mol. The Bertz CT molecular complexity index is 1210. The molecule has 1 heterocycles. The van der Waals surface area contributed by atoms with Gasteiger partial charge in [0.1, 0.15) is 12.0 Å². The van der Waals surface area contributed by atoms with E-state index < -0.39 is 35.4 Å². The van der Waals surface area contributed by atoms with Gasteiger partial charge in [0, 0.05) is 18.2 Å². The van der Waals surface area contributed by atoms with Crippen molar-refractivity contribution in [1.82, 2.24) is 15.0 Å². The van der Waals surface area contributed by atoms with Gasteiger partial charge in [-0.3, -0.25) is 5.32 Å². The summed E-state index contributed by atoms with van der Waals surface area (Å²) in [6.45, 7) is 0. The zero-order valence-electron chi connectivity index (χ0n) is 20.3. The van der Waals surface area contributed by atoms with Crippen LogP contribution in [0, 0.1) is 5.92 Å².